The quantitative estimate of drug-likeness (QED) is 0.435. The molecule has 0 aromatic carbocycles. The van der Waals surface area contributed by atoms with Gasteiger partial charge in [0.05, 0.1) is 11.7 Å². The van der Waals surface area contributed by atoms with Gasteiger partial charge in [-0.2, -0.15) is 8.42 Å². The van der Waals surface area contributed by atoms with Gasteiger partial charge in [0, 0.05) is 6.04 Å². The third-order valence-electron chi connectivity index (χ3n) is 2.87. The molecule has 0 saturated heterocycles. The van der Waals surface area contributed by atoms with Crippen LogP contribution in [-0.2, 0) is 14.9 Å². The normalized spacial score (nSPS) is 25.8. The van der Waals surface area contributed by atoms with Crippen molar-refractivity contribution < 1.29 is 17.8 Å². The van der Waals surface area contributed by atoms with Gasteiger partial charge in [0.15, 0.2) is 0 Å². The van der Waals surface area contributed by atoms with Crippen LogP contribution in [0.1, 0.15) is 25.7 Å². The van der Waals surface area contributed by atoms with Gasteiger partial charge in [-0.15, -0.1) is 0 Å². The third-order valence-corrected chi connectivity index (χ3v) is 3.67. The Bertz CT molecular complexity index is 341. The number of hydrogen-bond donors (Lipinski definition) is 3. The molecule has 0 bridgehead atoms. The molecule has 1 aliphatic rings. The summed E-state index contributed by atoms with van der Waals surface area (Å²) >= 11 is 0. The molecule has 0 heterocycles. The van der Waals surface area contributed by atoms with Crippen molar-refractivity contribution in [2.75, 3.05) is 12.3 Å². The largest absolute Gasteiger partial charge is 0.369 e. The van der Waals surface area contributed by atoms with Crippen molar-refractivity contribution in [3.8, 4) is 0 Å². The van der Waals surface area contributed by atoms with Crippen LogP contribution in [-0.4, -0.2) is 37.2 Å². The zero-order valence-corrected chi connectivity index (χ0v) is 9.87. The average Bonchev–Trinajstić information content (AvgIpc) is 2.58. The van der Waals surface area contributed by atoms with Crippen LogP contribution in [0.4, 0.5) is 0 Å². The molecule has 16 heavy (non-hydrogen) atoms. The maximum atomic E-state index is 11.1. The summed E-state index contributed by atoms with van der Waals surface area (Å²) in [5, 5.41) is 3.11. The van der Waals surface area contributed by atoms with E-state index in [0.717, 1.165) is 19.3 Å². The van der Waals surface area contributed by atoms with Crippen LogP contribution >= 0.6 is 0 Å². The maximum Gasteiger partial charge on any atom is 0.264 e. The molecule has 0 spiro atoms. The highest BCUT2D eigenvalue weighted by Gasteiger charge is 2.30. The zero-order valence-electron chi connectivity index (χ0n) is 9.05. The lowest BCUT2D eigenvalue weighted by Crippen LogP contribution is -2.39. The van der Waals surface area contributed by atoms with E-state index >= 15 is 0 Å². The number of carbonyl (C=O) groups excluding carboxylic acids is 1. The molecule has 1 fully saturated rings. The fourth-order valence-corrected chi connectivity index (χ4v) is 2.60. The van der Waals surface area contributed by atoms with Gasteiger partial charge >= 0.3 is 0 Å². The van der Waals surface area contributed by atoms with Gasteiger partial charge < -0.3 is 11.1 Å². The summed E-state index contributed by atoms with van der Waals surface area (Å²) in [5.74, 6) is -0.705. The van der Waals surface area contributed by atoms with Gasteiger partial charge in [-0.25, -0.2) is 0 Å². The summed E-state index contributed by atoms with van der Waals surface area (Å²) in [4.78, 5) is 11.1. The fourth-order valence-electron chi connectivity index (χ4n) is 2.09. The van der Waals surface area contributed by atoms with E-state index in [9.17, 15) is 13.2 Å². The van der Waals surface area contributed by atoms with E-state index in [0.29, 0.717) is 13.0 Å². The van der Waals surface area contributed by atoms with Gasteiger partial charge in [0.1, 0.15) is 0 Å². The number of rotatable bonds is 6. The summed E-state index contributed by atoms with van der Waals surface area (Å²) < 4.78 is 29.4. The summed E-state index contributed by atoms with van der Waals surface area (Å²) in [5.41, 5.74) is 5.25. The first-order valence-electron chi connectivity index (χ1n) is 5.38. The van der Waals surface area contributed by atoms with E-state index in [1.54, 1.807) is 0 Å². The first kappa shape index (κ1) is 13.4. The van der Waals surface area contributed by atoms with Crippen molar-refractivity contribution in [1.82, 2.24) is 5.32 Å². The molecule has 1 amide bonds. The molecule has 1 saturated carbocycles. The van der Waals surface area contributed by atoms with Crippen LogP contribution < -0.4 is 11.1 Å². The fraction of sp³-hybridized carbons (Fsp3) is 0.889. The Morgan fingerprint density at radius 1 is 1.44 bits per heavy atom. The Kier molecular flexibility index (Phi) is 4.69. The molecule has 0 radical (unpaired) electrons. The Balaban J connectivity index is 2.25. The molecule has 4 N–H and O–H groups in total. The Morgan fingerprint density at radius 2 is 2.12 bits per heavy atom. The molecule has 7 heteroatoms. The molecule has 1 rings (SSSR count). The second-order valence-corrected chi connectivity index (χ2v) is 5.71. The van der Waals surface area contributed by atoms with Crippen LogP contribution in [0.5, 0.6) is 0 Å². The van der Waals surface area contributed by atoms with E-state index in [1.165, 1.54) is 0 Å². The summed E-state index contributed by atoms with van der Waals surface area (Å²) in [6, 6.07) is 0.0545. The molecular weight excluding hydrogens is 232 g/mol. The highest BCUT2D eigenvalue weighted by molar-refractivity contribution is 7.85. The Morgan fingerprint density at radius 3 is 2.69 bits per heavy atom. The predicted molar refractivity (Wildman–Crippen MR) is 59.4 cm³/mol. The highest BCUT2D eigenvalue weighted by Crippen LogP contribution is 2.25. The van der Waals surface area contributed by atoms with Gasteiger partial charge in [0.25, 0.3) is 10.1 Å². The van der Waals surface area contributed by atoms with Crippen molar-refractivity contribution in [2.24, 2.45) is 11.7 Å². The minimum atomic E-state index is -3.88. The number of primary amides is 1. The smallest absolute Gasteiger partial charge is 0.264 e. The lowest BCUT2D eigenvalue weighted by molar-refractivity contribution is -0.122. The van der Waals surface area contributed by atoms with E-state index in [-0.39, 0.29) is 23.6 Å². The number of hydrogen-bond acceptors (Lipinski definition) is 4. The van der Waals surface area contributed by atoms with Gasteiger partial charge in [-0.05, 0) is 25.8 Å². The maximum absolute atomic E-state index is 11.1. The molecule has 0 aromatic rings. The second kappa shape index (κ2) is 5.60. The van der Waals surface area contributed by atoms with Crippen LogP contribution in [0.25, 0.3) is 0 Å². The van der Waals surface area contributed by atoms with Crippen LogP contribution in [0.3, 0.4) is 0 Å². The van der Waals surface area contributed by atoms with Crippen molar-refractivity contribution in [1.29, 1.82) is 0 Å². The summed E-state index contributed by atoms with van der Waals surface area (Å²) in [6.07, 6.45) is 2.98. The monoisotopic (exact) mass is 250 g/mol. The zero-order chi connectivity index (χ0) is 12.2. The van der Waals surface area contributed by atoms with Crippen molar-refractivity contribution in [3.63, 3.8) is 0 Å². The molecule has 2 unspecified atom stereocenters. The van der Waals surface area contributed by atoms with Gasteiger partial charge in [-0.1, -0.05) is 6.42 Å². The van der Waals surface area contributed by atoms with E-state index in [1.807, 2.05) is 0 Å². The standard InChI is InChI=1S/C9H18N2O4S/c10-9(12)7-3-1-4-8(7)11-5-2-6-16(13,14)15/h7-8,11H,1-6H2,(H2,10,12)(H,13,14,15). The second-order valence-electron chi connectivity index (χ2n) is 4.14. The minimum absolute atomic E-state index is 0.0545. The van der Waals surface area contributed by atoms with Crippen LogP contribution in [0.2, 0.25) is 0 Å². The molecule has 0 aliphatic heterocycles. The third kappa shape index (κ3) is 4.46. The molecule has 6 nitrogen and oxygen atoms in total. The first-order chi connectivity index (χ1) is 7.40. The van der Waals surface area contributed by atoms with Gasteiger partial charge in [0.2, 0.25) is 5.91 Å². The predicted octanol–water partition coefficient (Wildman–Crippen LogP) is -0.492. The number of nitrogens with two attached hydrogens (primary N) is 1. The van der Waals surface area contributed by atoms with Crippen molar-refractivity contribution in [3.05, 3.63) is 0 Å². The molecule has 94 valence electrons. The number of carbonyl (C=O) groups is 1. The average molecular weight is 250 g/mol. The topological polar surface area (TPSA) is 109 Å². The van der Waals surface area contributed by atoms with Crippen molar-refractivity contribution in [2.45, 2.75) is 31.7 Å². The molecule has 0 aromatic heterocycles. The van der Waals surface area contributed by atoms with Gasteiger partial charge in [-0.3, -0.25) is 9.35 Å². The van der Waals surface area contributed by atoms with E-state index in [2.05, 4.69) is 5.32 Å². The molecule has 1 aliphatic carbocycles. The highest BCUT2D eigenvalue weighted by atomic mass is 32.2. The van der Waals surface area contributed by atoms with Crippen molar-refractivity contribution >= 4 is 16.0 Å². The SMILES string of the molecule is NC(=O)C1CCCC1NCCCS(=O)(=O)O. The lowest BCUT2D eigenvalue weighted by Gasteiger charge is -2.17. The molecular formula is C9H18N2O4S. The Labute approximate surface area is 95.3 Å². The summed E-state index contributed by atoms with van der Waals surface area (Å²) in [6.45, 7) is 0.467. The number of amides is 1. The van der Waals surface area contributed by atoms with E-state index < -0.39 is 10.1 Å². The number of nitrogens with one attached hydrogen (secondary N) is 1. The summed E-state index contributed by atoms with van der Waals surface area (Å²) in [7, 11) is -3.88. The Hall–Kier alpha value is -0.660. The van der Waals surface area contributed by atoms with E-state index in [4.69, 9.17) is 10.3 Å². The molecule has 2 atom stereocenters. The van der Waals surface area contributed by atoms with Crippen LogP contribution in [0.15, 0.2) is 0 Å². The lowest BCUT2D eigenvalue weighted by atomic mass is 10.0. The first-order valence-corrected chi connectivity index (χ1v) is 6.99. The minimum Gasteiger partial charge on any atom is -0.369 e. The van der Waals surface area contributed by atoms with Crippen LogP contribution in [0, 0.1) is 5.92 Å².